The largest absolute Gasteiger partial charge is 0.353 e. The molecule has 2 fully saturated rings. The molecule has 35 heavy (non-hydrogen) atoms. The molecular weight excluding hydrogens is 440 g/mol. The van der Waals surface area contributed by atoms with Crippen molar-refractivity contribution < 1.29 is 14.4 Å². The van der Waals surface area contributed by atoms with Gasteiger partial charge in [0, 0.05) is 50.4 Å². The molecular formula is C28H34N4O3. The Labute approximate surface area is 207 Å². The van der Waals surface area contributed by atoms with Gasteiger partial charge in [-0.2, -0.15) is 0 Å². The van der Waals surface area contributed by atoms with Crippen LogP contribution in [0.5, 0.6) is 0 Å². The van der Waals surface area contributed by atoms with Gasteiger partial charge in [0.1, 0.15) is 5.82 Å². The van der Waals surface area contributed by atoms with Crippen LogP contribution in [-0.4, -0.2) is 65.2 Å². The summed E-state index contributed by atoms with van der Waals surface area (Å²) in [4.78, 5) is 49.2. The standard InChI is InChI=1S/C28H34N4O3/c1-19-15-23-17-26(33)32(28(35)24(23)16-20(19)2)18-21-6-8-22(9-7-21)27(34)31-13-11-30(12-14-31)25-5-3-4-10-29-25/h3-5,10,15-16,21-22H,6-9,11-14,17-18H2,1-2H3. The number of hydrogen-bond donors (Lipinski definition) is 0. The van der Waals surface area contributed by atoms with Gasteiger partial charge in [-0.3, -0.25) is 19.3 Å². The van der Waals surface area contributed by atoms with Crippen LogP contribution < -0.4 is 4.90 Å². The minimum atomic E-state index is -0.164. The van der Waals surface area contributed by atoms with E-state index in [4.69, 9.17) is 0 Å². The summed E-state index contributed by atoms with van der Waals surface area (Å²) < 4.78 is 0. The monoisotopic (exact) mass is 474 g/mol. The van der Waals surface area contributed by atoms with Crippen LogP contribution in [0.25, 0.3) is 0 Å². The number of carbonyl (C=O) groups is 3. The predicted octanol–water partition coefficient (Wildman–Crippen LogP) is 3.38. The molecule has 1 aliphatic carbocycles. The lowest BCUT2D eigenvalue weighted by Crippen LogP contribution is -2.51. The van der Waals surface area contributed by atoms with E-state index < -0.39 is 0 Å². The highest BCUT2D eigenvalue weighted by Crippen LogP contribution is 2.33. The van der Waals surface area contributed by atoms with Crippen molar-refractivity contribution >= 4 is 23.5 Å². The summed E-state index contributed by atoms with van der Waals surface area (Å²) in [5.74, 6) is 1.27. The second-order valence-electron chi connectivity index (χ2n) is 10.3. The van der Waals surface area contributed by atoms with Crippen molar-refractivity contribution in [1.82, 2.24) is 14.8 Å². The number of carbonyl (C=O) groups excluding carboxylic acids is 3. The topological polar surface area (TPSA) is 73.8 Å². The number of anilines is 1. The molecule has 7 nitrogen and oxygen atoms in total. The average Bonchev–Trinajstić information content (AvgIpc) is 2.88. The lowest BCUT2D eigenvalue weighted by atomic mass is 9.80. The first-order valence-electron chi connectivity index (χ1n) is 12.8. The quantitative estimate of drug-likeness (QED) is 0.635. The van der Waals surface area contributed by atoms with Gasteiger partial charge in [0.05, 0.1) is 6.42 Å². The number of imide groups is 1. The van der Waals surface area contributed by atoms with Crippen LogP contribution in [0.2, 0.25) is 0 Å². The van der Waals surface area contributed by atoms with E-state index in [-0.39, 0.29) is 29.6 Å². The maximum absolute atomic E-state index is 13.2. The Morgan fingerprint density at radius 3 is 2.37 bits per heavy atom. The number of pyridine rings is 1. The number of amides is 3. The van der Waals surface area contributed by atoms with Crippen molar-refractivity contribution in [3.8, 4) is 0 Å². The minimum absolute atomic E-state index is 0.0479. The van der Waals surface area contributed by atoms with Gasteiger partial charge in [-0.25, -0.2) is 4.98 Å². The van der Waals surface area contributed by atoms with Crippen molar-refractivity contribution in [2.75, 3.05) is 37.6 Å². The summed E-state index contributed by atoms with van der Waals surface area (Å²) in [5, 5.41) is 0. The Morgan fingerprint density at radius 1 is 0.971 bits per heavy atom. The Kier molecular flexibility index (Phi) is 6.58. The van der Waals surface area contributed by atoms with Crippen LogP contribution in [0.3, 0.4) is 0 Å². The fourth-order valence-corrected chi connectivity index (χ4v) is 5.73. The van der Waals surface area contributed by atoms with Gasteiger partial charge in [0.2, 0.25) is 11.8 Å². The van der Waals surface area contributed by atoms with Crippen LogP contribution in [0, 0.1) is 25.7 Å². The Morgan fingerprint density at radius 2 is 1.69 bits per heavy atom. The van der Waals surface area contributed by atoms with Crippen molar-refractivity contribution in [1.29, 1.82) is 0 Å². The molecule has 3 heterocycles. The number of benzene rings is 1. The molecule has 184 valence electrons. The first kappa shape index (κ1) is 23.5. The molecule has 5 rings (SSSR count). The molecule has 0 atom stereocenters. The van der Waals surface area contributed by atoms with Crippen LogP contribution >= 0.6 is 0 Å². The van der Waals surface area contributed by atoms with Crippen LogP contribution in [0.4, 0.5) is 5.82 Å². The highest BCUT2D eigenvalue weighted by molar-refractivity contribution is 6.09. The summed E-state index contributed by atoms with van der Waals surface area (Å²) in [6, 6.07) is 9.82. The third kappa shape index (κ3) is 4.81. The van der Waals surface area contributed by atoms with Gasteiger partial charge < -0.3 is 9.80 Å². The molecule has 1 aromatic heterocycles. The Hall–Kier alpha value is -3.22. The van der Waals surface area contributed by atoms with Crippen molar-refractivity contribution in [2.45, 2.75) is 46.0 Å². The van der Waals surface area contributed by atoms with Crippen molar-refractivity contribution in [3.05, 3.63) is 58.8 Å². The van der Waals surface area contributed by atoms with Gasteiger partial charge in [0.25, 0.3) is 5.91 Å². The van der Waals surface area contributed by atoms with E-state index in [0.29, 0.717) is 18.5 Å². The number of piperazine rings is 1. The zero-order chi connectivity index (χ0) is 24.5. The maximum atomic E-state index is 13.2. The fraction of sp³-hybridized carbons (Fsp3) is 0.500. The highest BCUT2D eigenvalue weighted by atomic mass is 16.2. The zero-order valence-corrected chi connectivity index (χ0v) is 20.7. The molecule has 0 bridgehead atoms. The number of aryl methyl sites for hydroxylation is 2. The lowest BCUT2D eigenvalue weighted by Gasteiger charge is -2.39. The highest BCUT2D eigenvalue weighted by Gasteiger charge is 2.36. The molecule has 3 amide bonds. The summed E-state index contributed by atoms with van der Waals surface area (Å²) in [7, 11) is 0. The first-order chi connectivity index (χ1) is 16.9. The lowest BCUT2D eigenvalue weighted by molar-refractivity contribution is -0.137. The average molecular weight is 475 g/mol. The van der Waals surface area contributed by atoms with E-state index in [9.17, 15) is 14.4 Å². The number of hydrogen-bond acceptors (Lipinski definition) is 5. The molecule has 3 aliphatic rings. The summed E-state index contributed by atoms with van der Waals surface area (Å²) in [6.07, 6.45) is 5.50. The van der Waals surface area contributed by atoms with E-state index >= 15 is 0 Å². The van der Waals surface area contributed by atoms with Crippen LogP contribution in [0.15, 0.2) is 36.5 Å². The number of fused-ring (bicyclic) bond motifs is 1. The van der Waals surface area contributed by atoms with Gasteiger partial charge in [-0.15, -0.1) is 0 Å². The fourth-order valence-electron chi connectivity index (χ4n) is 5.73. The van der Waals surface area contributed by atoms with E-state index in [1.54, 1.807) is 6.20 Å². The molecule has 2 aromatic rings. The normalized spacial score (nSPS) is 22.9. The predicted molar refractivity (Wildman–Crippen MR) is 134 cm³/mol. The van der Waals surface area contributed by atoms with Crippen molar-refractivity contribution in [2.24, 2.45) is 11.8 Å². The Bertz CT molecular complexity index is 1120. The van der Waals surface area contributed by atoms with E-state index in [0.717, 1.165) is 74.4 Å². The molecule has 0 N–H and O–H groups in total. The van der Waals surface area contributed by atoms with Gasteiger partial charge >= 0.3 is 0 Å². The van der Waals surface area contributed by atoms with Crippen LogP contribution in [-0.2, 0) is 16.0 Å². The van der Waals surface area contributed by atoms with E-state index in [1.165, 1.54) is 4.90 Å². The van der Waals surface area contributed by atoms with E-state index in [1.807, 2.05) is 49.1 Å². The summed E-state index contributed by atoms with van der Waals surface area (Å²) in [5.41, 5.74) is 3.70. The van der Waals surface area contributed by atoms with Gasteiger partial charge in [-0.1, -0.05) is 12.1 Å². The second kappa shape index (κ2) is 9.80. The molecule has 7 heteroatoms. The molecule has 0 unspecified atom stereocenters. The molecule has 0 spiro atoms. The van der Waals surface area contributed by atoms with E-state index in [2.05, 4.69) is 9.88 Å². The number of nitrogens with zero attached hydrogens (tertiary/aromatic N) is 4. The van der Waals surface area contributed by atoms with Gasteiger partial charge in [-0.05, 0) is 80.3 Å². The molecule has 1 saturated heterocycles. The SMILES string of the molecule is Cc1cc2c(cc1C)C(=O)N(CC1CCC(C(=O)N3CCN(c4ccccn4)CC3)CC1)C(=O)C2. The van der Waals surface area contributed by atoms with Gasteiger partial charge in [0.15, 0.2) is 0 Å². The van der Waals surface area contributed by atoms with Crippen LogP contribution in [0.1, 0.15) is 52.7 Å². The third-order valence-electron chi connectivity index (χ3n) is 8.04. The third-order valence-corrected chi connectivity index (χ3v) is 8.04. The molecule has 1 aromatic carbocycles. The summed E-state index contributed by atoms with van der Waals surface area (Å²) >= 11 is 0. The number of aromatic nitrogens is 1. The molecule has 1 saturated carbocycles. The smallest absolute Gasteiger partial charge is 0.260 e. The number of rotatable bonds is 4. The minimum Gasteiger partial charge on any atom is -0.353 e. The Balaban J connectivity index is 1.13. The molecule has 2 aliphatic heterocycles. The van der Waals surface area contributed by atoms with Crippen molar-refractivity contribution in [3.63, 3.8) is 0 Å². The maximum Gasteiger partial charge on any atom is 0.260 e. The zero-order valence-electron chi connectivity index (χ0n) is 20.7. The molecule has 0 radical (unpaired) electrons. The summed E-state index contributed by atoms with van der Waals surface area (Å²) in [6.45, 7) is 7.54. The second-order valence-corrected chi connectivity index (χ2v) is 10.3. The first-order valence-corrected chi connectivity index (χ1v) is 12.8.